The maximum atomic E-state index is 13.3. The van der Waals surface area contributed by atoms with E-state index < -0.39 is 29.3 Å². The first-order valence-corrected chi connectivity index (χ1v) is 11.9. The van der Waals surface area contributed by atoms with E-state index in [0.29, 0.717) is 12.8 Å². The topological polar surface area (TPSA) is 94.2 Å². The van der Waals surface area contributed by atoms with Gasteiger partial charge in [-0.15, -0.1) is 0 Å². The Kier molecular flexibility index (Phi) is 10.9. The van der Waals surface area contributed by atoms with Gasteiger partial charge in [0, 0.05) is 18.9 Å². The van der Waals surface area contributed by atoms with Gasteiger partial charge < -0.3 is 19.5 Å². The number of nitrogens with zero attached hydrogens (tertiary/aromatic N) is 1. The maximum absolute atomic E-state index is 13.3. The predicted octanol–water partition coefficient (Wildman–Crippen LogP) is 4.57. The summed E-state index contributed by atoms with van der Waals surface area (Å²) in [5.74, 6) is -0.654. The van der Waals surface area contributed by atoms with Gasteiger partial charge in [-0.1, -0.05) is 25.5 Å². The molecule has 0 radical (unpaired) electrons. The van der Waals surface area contributed by atoms with Gasteiger partial charge in [-0.3, -0.25) is 9.69 Å². The van der Waals surface area contributed by atoms with Crippen molar-refractivity contribution in [2.45, 2.75) is 117 Å². The minimum Gasteiger partial charge on any atom is -0.458 e. The Hall–Kier alpha value is -2.09. The molecule has 1 rings (SSSR count). The molecule has 1 saturated heterocycles. The summed E-state index contributed by atoms with van der Waals surface area (Å²) in [4.78, 5) is 39.2. The van der Waals surface area contributed by atoms with Gasteiger partial charge in [0.05, 0.1) is 6.10 Å². The highest BCUT2D eigenvalue weighted by atomic mass is 16.6. The van der Waals surface area contributed by atoms with E-state index >= 15 is 0 Å². The summed E-state index contributed by atoms with van der Waals surface area (Å²) in [6.45, 7) is 16.4. The molecule has 0 aromatic heterocycles. The molecule has 1 unspecified atom stereocenters. The van der Waals surface area contributed by atoms with Crippen molar-refractivity contribution >= 4 is 18.0 Å². The van der Waals surface area contributed by atoms with Gasteiger partial charge in [-0.25, -0.2) is 9.59 Å². The zero-order valence-electron chi connectivity index (χ0n) is 21.9. The van der Waals surface area contributed by atoms with E-state index in [4.69, 9.17) is 14.2 Å². The predicted molar refractivity (Wildman–Crippen MR) is 127 cm³/mol. The Morgan fingerprint density at radius 2 is 1.70 bits per heavy atom. The Balaban J connectivity index is 3.27. The number of hydrogen-bond acceptors (Lipinski definition) is 6. The largest absolute Gasteiger partial charge is 0.458 e. The number of allylic oxidation sites excluding steroid dienone is 1. The van der Waals surface area contributed by atoms with Gasteiger partial charge >= 0.3 is 12.1 Å². The lowest BCUT2D eigenvalue weighted by molar-refractivity contribution is -0.160. The van der Waals surface area contributed by atoms with Crippen molar-refractivity contribution in [3.05, 3.63) is 12.2 Å². The molecule has 0 bridgehead atoms. The lowest BCUT2D eigenvalue weighted by atomic mass is 9.93. The summed E-state index contributed by atoms with van der Waals surface area (Å²) >= 11 is 0. The van der Waals surface area contributed by atoms with E-state index in [1.54, 1.807) is 25.7 Å². The molecule has 4 atom stereocenters. The quantitative estimate of drug-likeness (QED) is 0.303. The maximum Gasteiger partial charge on any atom is 0.411 e. The molecule has 8 nitrogen and oxygen atoms in total. The highest BCUT2D eigenvalue weighted by Gasteiger charge is 2.49. The van der Waals surface area contributed by atoms with Crippen LogP contribution in [0.1, 0.15) is 88.0 Å². The number of carbonyl (C=O) groups excluding carboxylic acids is 3. The molecule has 190 valence electrons. The number of amides is 2. The molecule has 2 amide bonds. The minimum atomic E-state index is -0.747. The molecule has 1 N–H and O–H groups in total. The normalized spacial score (nSPS) is 22.3. The summed E-state index contributed by atoms with van der Waals surface area (Å²) < 4.78 is 17.3. The summed E-state index contributed by atoms with van der Waals surface area (Å²) in [6, 6.07) is -1.05. The van der Waals surface area contributed by atoms with Crippen LogP contribution in [-0.4, -0.2) is 59.0 Å². The van der Waals surface area contributed by atoms with Crippen LogP contribution in [0.4, 0.5) is 4.79 Å². The molecule has 1 heterocycles. The van der Waals surface area contributed by atoms with Crippen molar-refractivity contribution < 1.29 is 28.6 Å². The van der Waals surface area contributed by atoms with Crippen LogP contribution in [0.25, 0.3) is 0 Å². The highest BCUT2D eigenvalue weighted by molar-refractivity contribution is 5.83. The van der Waals surface area contributed by atoms with E-state index in [1.807, 2.05) is 39.8 Å². The standard InChI is InChI=1S/C25H44N2O6/c1-10-12-18-14-21(22(29)32-24(4,5)6)27(23(30)33-25(7,8)9)20(18)15-19(13-11-2)31-16-26-17(3)28/h10,12,18-21H,11,13-16H2,1-9H3,(H,26,28)/t18-,19?,20-,21-/m1/s1. The van der Waals surface area contributed by atoms with Gasteiger partial charge in [-0.2, -0.15) is 0 Å². The zero-order valence-corrected chi connectivity index (χ0v) is 21.9. The number of likely N-dealkylation sites (tertiary alicyclic amines) is 1. The van der Waals surface area contributed by atoms with Crippen molar-refractivity contribution in [1.82, 2.24) is 10.2 Å². The number of rotatable bonds is 9. The van der Waals surface area contributed by atoms with Crippen LogP contribution < -0.4 is 5.32 Å². The molecule has 33 heavy (non-hydrogen) atoms. The molecule has 8 heteroatoms. The second-order valence-electron chi connectivity index (χ2n) is 10.6. The minimum absolute atomic E-state index is 0.0521. The van der Waals surface area contributed by atoms with Crippen LogP contribution in [0.15, 0.2) is 12.2 Å². The summed E-state index contributed by atoms with van der Waals surface area (Å²) in [7, 11) is 0. The van der Waals surface area contributed by atoms with Crippen LogP contribution >= 0.6 is 0 Å². The van der Waals surface area contributed by atoms with Crippen molar-refractivity contribution in [2.24, 2.45) is 5.92 Å². The Bertz CT molecular complexity index is 692. The van der Waals surface area contributed by atoms with Crippen LogP contribution in [0.3, 0.4) is 0 Å². The molecule has 0 spiro atoms. The van der Waals surface area contributed by atoms with Crippen LogP contribution in [0, 0.1) is 5.92 Å². The second-order valence-corrected chi connectivity index (χ2v) is 10.6. The van der Waals surface area contributed by atoms with E-state index in [2.05, 4.69) is 12.2 Å². The first-order valence-electron chi connectivity index (χ1n) is 11.9. The third-order valence-corrected chi connectivity index (χ3v) is 5.16. The zero-order chi connectivity index (χ0) is 25.4. The Morgan fingerprint density at radius 3 is 2.18 bits per heavy atom. The number of nitrogens with one attached hydrogen (secondary N) is 1. The van der Waals surface area contributed by atoms with Crippen molar-refractivity contribution in [2.75, 3.05) is 6.73 Å². The van der Waals surface area contributed by atoms with E-state index in [9.17, 15) is 14.4 Å². The Labute approximate surface area is 199 Å². The summed E-state index contributed by atoms with van der Waals surface area (Å²) in [6.07, 6.45) is 5.85. The van der Waals surface area contributed by atoms with E-state index in [-0.39, 0.29) is 30.7 Å². The van der Waals surface area contributed by atoms with Crippen molar-refractivity contribution in [1.29, 1.82) is 0 Å². The number of carbonyl (C=O) groups is 3. The highest BCUT2D eigenvalue weighted by Crippen LogP contribution is 2.37. The third kappa shape index (κ3) is 10.2. The molecular weight excluding hydrogens is 424 g/mol. The average Bonchev–Trinajstić information content (AvgIpc) is 2.97. The first-order chi connectivity index (χ1) is 15.2. The average molecular weight is 469 g/mol. The first kappa shape index (κ1) is 28.9. The van der Waals surface area contributed by atoms with Gasteiger partial charge in [0.1, 0.15) is 24.0 Å². The molecular formula is C25H44N2O6. The second kappa shape index (κ2) is 12.4. The van der Waals surface area contributed by atoms with Crippen LogP contribution in [-0.2, 0) is 23.8 Å². The fraction of sp³-hybridized carbons (Fsp3) is 0.800. The molecule has 1 aliphatic rings. The third-order valence-electron chi connectivity index (χ3n) is 5.16. The molecule has 0 aliphatic carbocycles. The number of hydrogen-bond donors (Lipinski definition) is 1. The Morgan fingerprint density at radius 1 is 1.09 bits per heavy atom. The monoisotopic (exact) mass is 468 g/mol. The van der Waals surface area contributed by atoms with Gasteiger partial charge in [-0.05, 0) is 67.7 Å². The molecule has 0 aromatic carbocycles. The van der Waals surface area contributed by atoms with Gasteiger partial charge in [0.15, 0.2) is 0 Å². The lowest BCUT2D eigenvalue weighted by Gasteiger charge is -2.35. The summed E-state index contributed by atoms with van der Waals surface area (Å²) in [5, 5.41) is 2.66. The van der Waals surface area contributed by atoms with Crippen molar-refractivity contribution in [3.63, 3.8) is 0 Å². The van der Waals surface area contributed by atoms with Gasteiger partial charge in [0.25, 0.3) is 0 Å². The smallest absolute Gasteiger partial charge is 0.411 e. The van der Waals surface area contributed by atoms with Crippen LogP contribution in [0.2, 0.25) is 0 Å². The molecule has 0 saturated carbocycles. The fourth-order valence-electron chi connectivity index (χ4n) is 3.99. The van der Waals surface area contributed by atoms with Crippen molar-refractivity contribution in [3.8, 4) is 0 Å². The number of ether oxygens (including phenoxy) is 3. The SMILES string of the molecule is CC=C[C@@H]1C[C@H](C(=O)OC(C)(C)C)N(C(=O)OC(C)(C)C)[C@@H]1CC(CCC)OCNC(C)=O. The molecule has 1 fully saturated rings. The summed E-state index contributed by atoms with van der Waals surface area (Å²) in [5.41, 5.74) is -1.37. The van der Waals surface area contributed by atoms with E-state index in [1.165, 1.54) is 6.92 Å². The fourth-order valence-corrected chi connectivity index (χ4v) is 3.99. The van der Waals surface area contributed by atoms with Crippen LogP contribution in [0.5, 0.6) is 0 Å². The lowest BCUT2D eigenvalue weighted by Crippen LogP contribution is -2.50. The van der Waals surface area contributed by atoms with Gasteiger partial charge in [0.2, 0.25) is 5.91 Å². The molecule has 1 aliphatic heterocycles. The molecule has 0 aromatic rings. The number of esters is 1. The van der Waals surface area contributed by atoms with E-state index in [0.717, 1.165) is 12.8 Å².